The van der Waals surface area contributed by atoms with E-state index in [0.29, 0.717) is 11.3 Å². The molecule has 0 aliphatic rings. The van der Waals surface area contributed by atoms with Gasteiger partial charge in [-0.25, -0.2) is 4.39 Å². The van der Waals surface area contributed by atoms with Crippen molar-refractivity contribution in [3.05, 3.63) is 64.4 Å². The number of aliphatic hydroxyl groups is 1. The highest BCUT2D eigenvalue weighted by molar-refractivity contribution is 6.30. The Hall–Kier alpha value is -2.11. The summed E-state index contributed by atoms with van der Waals surface area (Å²) in [7, 11) is 1.55. The highest BCUT2D eigenvalue weighted by Crippen LogP contribution is 2.18. The van der Waals surface area contributed by atoms with Gasteiger partial charge >= 0.3 is 0 Å². The van der Waals surface area contributed by atoms with Gasteiger partial charge in [0, 0.05) is 11.6 Å². The van der Waals surface area contributed by atoms with Crippen molar-refractivity contribution in [2.45, 2.75) is 6.10 Å². The summed E-state index contributed by atoms with van der Waals surface area (Å²) < 4.78 is 18.6. The van der Waals surface area contributed by atoms with Crippen LogP contribution in [0, 0.1) is 5.82 Å². The monoisotopic (exact) mass is 323 g/mol. The largest absolute Gasteiger partial charge is 0.497 e. The van der Waals surface area contributed by atoms with Gasteiger partial charge < -0.3 is 15.2 Å². The fraction of sp³-hybridized carbons (Fsp3) is 0.188. The van der Waals surface area contributed by atoms with Crippen molar-refractivity contribution in [1.29, 1.82) is 0 Å². The van der Waals surface area contributed by atoms with Crippen molar-refractivity contribution in [2.24, 2.45) is 0 Å². The Kier molecular flexibility index (Phi) is 5.35. The van der Waals surface area contributed by atoms with Crippen molar-refractivity contribution < 1.29 is 19.0 Å². The van der Waals surface area contributed by atoms with E-state index < -0.39 is 17.8 Å². The van der Waals surface area contributed by atoms with E-state index in [9.17, 15) is 14.3 Å². The molecule has 0 heterocycles. The molecule has 22 heavy (non-hydrogen) atoms. The van der Waals surface area contributed by atoms with E-state index in [1.807, 2.05) is 0 Å². The van der Waals surface area contributed by atoms with Gasteiger partial charge in [0.05, 0.1) is 18.8 Å². The number of ether oxygens (including phenoxy) is 1. The molecule has 0 spiro atoms. The second-order valence-corrected chi connectivity index (χ2v) is 5.06. The molecule has 116 valence electrons. The van der Waals surface area contributed by atoms with Gasteiger partial charge in [-0.15, -0.1) is 0 Å². The van der Waals surface area contributed by atoms with Gasteiger partial charge in [-0.1, -0.05) is 23.7 Å². The Morgan fingerprint density at radius 2 is 2.00 bits per heavy atom. The topological polar surface area (TPSA) is 58.6 Å². The SMILES string of the molecule is COc1ccc(C(O)CNC(=O)c2ccc(Cl)cc2F)cc1. The lowest BCUT2D eigenvalue weighted by atomic mass is 10.1. The first-order valence-corrected chi connectivity index (χ1v) is 6.94. The molecule has 0 bridgehead atoms. The van der Waals surface area contributed by atoms with Gasteiger partial charge in [-0.3, -0.25) is 4.79 Å². The maximum atomic E-state index is 13.6. The summed E-state index contributed by atoms with van der Waals surface area (Å²) in [4.78, 5) is 11.9. The lowest BCUT2D eigenvalue weighted by Gasteiger charge is -2.13. The Balaban J connectivity index is 1.97. The number of hydrogen-bond donors (Lipinski definition) is 2. The maximum absolute atomic E-state index is 13.6. The van der Waals surface area contributed by atoms with Crippen LogP contribution in [0.25, 0.3) is 0 Å². The highest BCUT2D eigenvalue weighted by Gasteiger charge is 2.14. The van der Waals surface area contributed by atoms with E-state index in [1.54, 1.807) is 31.4 Å². The third-order valence-electron chi connectivity index (χ3n) is 3.13. The summed E-state index contributed by atoms with van der Waals surface area (Å²) in [6, 6.07) is 10.6. The van der Waals surface area contributed by atoms with Crippen molar-refractivity contribution in [3.8, 4) is 5.75 Å². The van der Waals surface area contributed by atoms with Gasteiger partial charge in [0.15, 0.2) is 0 Å². The number of rotatable bonds is 5. The van der Waals surface area contributed by atoms with Crippen LogP contribution in [0.4, 0.5) is 4.39 Å². The first kappa shape index (κ1) is 16.3. The summed E-state index contributed by atoms with van der Waals surface area (Å²) in [6.07, 6.45) is -0.898. The first-order valence-electron chi connectivity index (χ1n) is 6.56. The maximum Gasteiger partial charge on any atom is 0.254 e. The van der Waals surface area contributed by atoms with Crippen LogP contribution in [-0.4, -0.2) is 24.7 Å². The van der Waals surface area contributed by atoms with Crippen molar-refractivity contribution in [3.63, 3.8) is 0 Å². The molecule has 0 radical (unpaired) electrons. The molecule has 0 aliphatic heterocycles. The number of carbonyl (C=O) groups excluding carboxylic acids is 1. The molecule has 1 atom stereocenters. The van der Waals surface area contributed by atoms with E-state index in [1.165, 1.54) is 12.1 Å². The second kappa shape index (κ2) is 7.24. The predicted molar refractivity (Wildman–Crippen MR) is 81.7 cm³/mol. The van der Waals surface area contributed by atoms with E-state index in [-0.39, 0.29) is 17.1 Å². The van der Waals surface area contributed by atoms with Crippen molar-refractivity contribution in [1.82, 2.24) is 5.32 Å². The van der Waals surface area contributed by atoms with Gasteiger partial charge in [-0.05, 0) is 35.9 Å². The number of aliphatic hydroxyl groups excluding tert-OH is 1. The number of amides is 1. The fourth-order valence-electron chi connectivity index (χ4n) is 1.90. The van der Waals surface area contributed by atoms with E-state index >= 15 is 0 Å². The molecule has 0 saturated carbocycles. The van der Waals surface area contributed by atoms with Crippen LogP contribution in [0.5, 0.6) is 5.75 Å². The number of benzene rings is 2. The third kappa shape index (κ3) is 3.96. The van der Waals surface area contributed by atoms with E-state index in [2.05, 4.69) is 5.32 Å². The summed E-state index contributed by atoms with van der Waals surface area (Å²) in [6.45, 7) is -0.0345. The number of hydrogen-bond acceptors (Lipinski definition) is 3. The molecule has 4 nitrogen and oxygen atoms in total. The fourth-order valence-corrected chi connectivity index (χ4v) is 2.06. The van der Waals surface area contributed by atoms with Gasteiger partial charge in [-0.2, -0.15) is 0 Å². The Morgan fingerprint density at radius 3 is 2.59 bits per heavy atom. The standard InChI is InChI=1S/C16H15ClFNO3/c1-22-12-5-2-10(3-6-12)15(20)9-19-16(21)13-7-4-11(17)8-14(13)18/h2-8,15,20H,9H2,1H3,(H,19,21). The Morgan fingerprint density at radius 1 is 1.32 bits per heavy atom. The van der Waals surface area contributed by atoms with Crippen LogP contribution in [-0.2, 0) is 0 Å². The van der Waals surface area contributed by atoms with Crippen molar-refractivity contribution >= 4 is 17.5 Å². The van der Waals surface area contributed by atoms with Crippen molar-refractivity contribution in [2.75, 3.05) is 13.7 Å². The van der Waals surface area contributed by atoms with E-state index in [0.717, 1.165) is 6.07 Å². The van der Waals surface area contributed by atoms with Crippen LogP contribution in [0.3, 0.4) is 0 Å². The molecule has 2 aromatic rings. The second-order valence-electron chi connectivity index (χ2n) is 4.62. The minimum absolute atomic E-state index is 0.0345. The molecule has 2 N–H and O–H groups in total. The number of carbonyl (C=O) groups is 1. The average Bonchev–Trinajstić information content (AvgIpc) is 2.52. The molecule has 0 fully saturated rings. The molecule has 1 amide bonds. The van der Waals surface area contributed by atoms with Gasteiger partial charge in [0.2, 0.25) is 0 Å². The van der Waals surface area contributed by atoms with Gasteiger partial charge in [0.1, 0.15) is 11.6 Å². The zero-order valence-corrected chi connectivity index (χ0v) is 12.6. The summed E-state index contributed by atoms with van der Waals surface area (Å²) in [5.41, 5.74) is 0.504. The number of nitrogens with one attached hydrogen (secondary N) is 1. The Bertz CT molecular complexity index is 661. The normalized spacial score (nSPS) is 11.8. The first-order chi connectivity index (χ1) is 10.5. The van der Waals surface area contributed by atoms with Crippen LogP contribution in [0.2, 0.25) is 5.02 Å². The lowest BCUT2D eigenvalue weighted by Crippen LogP contribution is -2.29. The zero-order chi connectivity index (χ0) is 16.1. The average molecular weight is 324 g/mol. The predicted octanol–water partition coefficient (Wildman–Crippen LogP) is 2.95. The molecule has 2 rings (SSSR count). The van der Waals surface area contributed by atoms with E-state index in [4.69, 9.17) is 16.3 Å². The molecular formula is C16H15ClFNO3. The zero-order valence-electron chi connectivity index (χ0n) is 11.8. The summed E-state index contributed by atoms with van der Waals surface area (Å²) in [5, 5.41) is 12.7. The molecule has 6 heteroatoms. The molecule has 2 aromatic carbocycles. The van der Waals surface area contributed by atoms with Crippen LogP contribution in [0.1, 0.15) is 22.0 Å². The summed E-state index contributed by atoms with van der Waals surface area (Å²) in [5.74, 6) is -0.645. The molecule has 0 aromatic heterocycles. The summed E-state index contributed by atoms with van der Waals surface area (Å²) >= 11 is 5.63. The van der Waals surface area contributed by atoms with Crippen LogP contribution < -0.4 is 10.1 Å². The number of methoxy groups -OCH3 is 1. The molecule has 1 unspecified atom stereocenters. The molecular weight excluding hydrogens is 309 g/mol. The third-order valence-corrected chi connectivity index (χ3v) is 3.37. The molecule has 0 saturated heterocycles. The highest BCUT2D eigenvalue weighted by atomic mass is 35.5. The smallest absolute Gasteiger partial charge is 0.254 e. The minimum Gasteiger partial charge on any atom is -0.497 e. The Labute approximate surface area is 132 Å². The van der Waals surface area contributed by atoms with Crippen LogP contribution >= 0.6 is 11.6 Å². The number of halogens is 2. The lowest BCUT2D eigenvalue weighted by molar-refractivity contribution is 0.0912. The van der Waals surface area contributed by atoms with Gasteiger partial charge in [0.25, 0.3) is 5.91 Å². The quantitative estimate of drug-likeness (QED) is 0.889. The minimum atomic E-state index is -0.898. The van der Waals surface area contributed by atoms with Crippen LogP contribution in [0.15, 0.2) is 42.5 Å². The molecule has 0 aliphatic carbocycles.